The molecule has 3 N–H and O–H groups in total. The molecule has 4 nitrogen and oxygen atoms in total. The molecule has 4 heteroatoms. The van der Waals surface area contributed by atoms with Gasteiger partial charge in [0.25, 0.3) is 0 Å². The Hall–Kier alpha value is -0.610. The Balaban J connectivity index is 2.22. The van der Waals surface area contributed by atoms with Gasteiger partial charge in [-0.2, -0.15) is 0 Å². The van der Waals surface area contributed by atoms with Gasteiger partial charge in [-0.3, -0.25) is 4.79 Å². The fourth-order valence-electron chi connectivity index (χ4n) is 2.12. The highest BCUT2D eigenvalue weighted by Crippen LogP contribution is 2.09. The van der Waals surface area contributed by atoms with Gasteiger partial charge in [0.15, 0.2) is 0 Å². The van der Waals surface area contributed by atoms with Gasteiger partial charge in [-0.15, -0.1) is 0 Å². The Morgan fingerprint density at radius 3 is 3.00 bits per heavy atom. The van der Waals surface area contributed by atoms with Crippen molar-refractivity contribution in [2.24, 2.45) is 5.73 Å². The molecule has 1 saturated heterocycles. The van der Waals surface area contributed by atoms with Crippen molar-refractivity contribution >= 4 is 5.91 Å². The summed E-state index contributed by atoms with van der Waals surface area (Å²) in [5, 5.41) is 3.10. The van der Waals surface area contributed by atoms with Crippen LogP contribution in [0.3, 0.4) is 0 Å². The van der Waals surface area contributed by atoms with Crippen LogP contribution in [0.5, 0.6) is 0 Å². The van der Waals surface area contributed by atoms with Crippen LogP contribution in [0.1, 0.15) is 39.5 Å². The first-order chi connectivity index (χ1) is 7.61. The van der Waals surface area contributed by atoms with E-state index in [0.717, 1.165) is 25.9 Å². The third-order valence-corrected chi connectivity index (χ3v) is 3.14. The summed E-state index contributed by atoms with van der Waals surface area (Å²) in [5.74, 6) is 0.153. The van der Waals surface area contributed by atoms with E-state index >= 15 is 0 Å². The van der Waals surface area contributed by atoms with Crippen LogP contribution in [0, 0.1) is 0 Å². The second kappa shape index (κ2) is 6.86. The first kappa shape index (κ1) is 13.5. The number of nitrogens with one attached hydrogen (secondary N) is 1. The first-order valence-electron chi connectivity index (χ1n) is 6.39. The van der Waals surface area contributed by atoms with E-state index in [1.165, 1.54) is 13.0 Å². The number of amides is 1. The van der Waals surface area contributed by atoms with E-state index < -0.39 is 0 Å². The maximum absolute atomic E-state index is 11.6. The molecule has 0 spiro atoms. The van der Waals surface area contributed by atoms with Crippen molar-refractivity contribution in [1.82, 2.24) is 10.2 Å². The number of likely N-dealkylation sites (tertiary alicyclic amines) is 1. The van der Waals surface area contributed by atoms with Crippen molar-refractivity contribution in [2.75, 3.05) is 19.6 Å². The average molecular weight is 227 g/mol. The van der Waals surface area contributed by atoms with Crippen molar-refractivity contribution in [3.05, 3.63) is 0 Å². The summed E-state index contributed by atoms with van der Waals surface area (Å²) in [6.45, 7) is 7.35. The van der Waals surface area contributed by atoms with Crippen LogP contribution in [-0.2, 0) is 4.79 Å². The monoisotopic (exact) mass is 227 g/mol. The molecule has 94 valence electrons. The van der Waals surface area contributed by atoms with Gasteiger partial charge in [0.2, 0.25) is 5.91 Å². The number of nitrogens with two attached hydrogens (primary N) is 1. The molecule has 2 unspecified atom stereocenters. The summed E-state index contributed by atoms with van der Waals surface area (Å²) >= 11 is 0. The summed E-state index contributed by atoms with van der Waals surface area (Å²) in [5.41, 5.74) is 5.63. The molecular formula is C12H25N3O. The lowest BCUT2D eigenvalue weighted by Crippen LogP contribution is -2.47. The zero-order valence-electron chi connectivity index (χ0n) is 10.5. The van der Waals surface area contributed by atoms with E-state index in [2.05, 4.69) is 17.1 Å². The number of hydrogen-bond donors (Lipinski definition) is 2. The van der Waals surface area contributed by atoms with Crippen LogP contribution in [0.15, 0.2) is 0 Å². The normalized spacial score (nSPS) is 24.1. The highest BCUT2D eigenvalue weighted by Gasteiger charge is 2.19. The molecule has 16 heavy (non-hydrogen) atoms. The summed E-state index contributed by atoms with van der Waals surface area (Å²) in [6, 6.07) is 0.457. The molecule has 0 bridgehead atoms. The van der Waals surface area contributed by atoms with Crippen molar-refractivity contribution < 1.29 is 4.79 Å². The highest BCUT2D eigenvalue weighted by atomic mass is 16.1. The van der Waals surface area contributed by atoms with Crippen molar-refractivity contribution in [3.63, 3.8) is 0 Å². The summed E-state index contributed by atoms with van der Waals surface area (Å²) in [4.78, 5) is 14.0. The number of nitrogens with zero attached hydrogens (tertiary/aromatic N) is 1. The van der Waals surface area contributed by atoms with Gasteiger partial charge >= 0.3 is 0 Å². The van der Waals surface area contributed by atoms with Crippen LogP contribution in [0.4, 0.5) is 0 Å². The average Bonchev–Trinajstić information content (AvgIpc) is 2.26. The molecule has 1 aliphatic rings. The molecule has 0 aliphatic carbocycles. The number of carbonyl (C=O) groups is 1. The smallest absolute Gasteiger partial charge is 0.220 e. The number of piperidine rings is 1. The van der Waals surface area contributed by atoms with Gasteiger partial charge in [-0.25, -0.2) is 0 Å². The lowest BCUT2D eigenvalue weighted by Gasteiger charge is -2.32. The first-order valence-corrected chi connectivity index (χ1v) is 6.39. The summed E-state index contributed by atoms with van der Waals surface area (Å²) < 4.78 is 0. The number of hydrogen-bond acceptors (Lipinski definition) is 3. The lowest BCUT2D eigenvalue weighted by atomic mass is 10.1. The lowest BCUT2D eigenvalue weighted by molar-refractivity contribution is -0.122. The predicted octanol–water partition coefficient (Wildman–Crippen LogP) is 0.714. The minimum Gasteiger partial charge on any atom is -0.352 e. The van der Waals surface area contributed by atoms with Gasteiger partial charge in [-0.05, 0) is 39.3 Å². The van der Waals surface area contributed by atoms with E-state index in [9.17, 15) is 4.79 Å². The van der Waals surface area contributed by atoms with Gasteiger partial charge in [0.1, 0.15) is 0 Å². The molecule has 1 aliphatic heterocycles. The zero-order valence-corrected chi connectivity index (χ0v) is 10.5. The summed E-state index contributed by atoms with van der Waals surface area (Å²) in [7, 11) is 0. The second-order valence-corrected chi connectivity index (χ2v) is 4.82. The minimum absolute atomic E-state index is 0.115. The Kier molecular flexibility index (Phi) is 5.77. The second-order valence-electron chi connectivity index (χ2n) is 4.82. The SMILES string of the molecule is CCN1CCCC(NC(=O)CCC(C)N)C1. The van der Waals surface area contributed by atoms with Gasteiger partial charge in [0.05, 0.1) is 0 Å². The number of carbonyl (C=O) groups excluding carboxylic acids is 1. The highest BCUT2D eigenvalue weighted by molar-refractivity contribution is 5.76. The van der Waals surface area contributed by atoms with E-state index in [-0.39, 0.29) is 11.9 Å². The Morgan fingerprint density at radius 1 is 1.62 bits per heavy atom. The predicted molar refractivity (Wildman–Crippen MR) is 66.2 cm³/mol. The molecule has 0 aromatic carbocycles. The number of rotatable bonds is 5. The zero-order chi connectivity index (χ0) is 12.0. The van der Waals surface area contributed by atoms with E-state index in [0.29, 0.717) is 12.5 Å². The molecule has 0 saturated carbocycles. The van der Waals surface area contributed by atoms with E-state index in [1.54, 1.807) is 0 Å². The third-order valence-electron chi connectivity index (χ3n) is 3.14. The Labute approximate surface area is 98.6 Å². The molecule has 1 rings (SSSR count). The van der Waals surface area contributed by atoms with Crippen molar-refractivity contribution in [2.45, 2.75) is 51.6 Å². The fourth-order valence-corrected chi connectivity index (χ4v) is 2.12. The van der Waals surface area contributed by atoms with Crippen LogP contribution < -0.4 is 11.1 Å². The van der Waals surface area contributed by atoms with E-state index in [1.807, 2.05) is 6.92 Å². The number of likely N-dealkylation sites (N-methyl/N-ethyl adjacent to an activating group) is 1. The molecule has 0 aromatic heterocycles. The van der Waals surface area contributed by atoms with Gasteiger partial charge in [-0.1, -0.05) is 6.92 Å². The molecule has 2 atom stereocenters. The molecular weight excluding hydrogens is 202 g/mol. The van der Waals surface area contributed by atoms with Gasteiger partial charge in [0, 0.05) is 25.0 Å². The molecule has 0 aromatic rings. The van der Waals surface area contributed by atoms with Crippen LogP contribution in [-0.4, -0.2) is 42.5 Å². The maximum Gasteiger partial charge on any atom is 0.220 e. The van der Waals surface area contributed by atoms with Gasteiger partial charge < -0.3 is 16.0 Å². The fraction of sp³-hybridized carbons (Fsp3) is 0.917. The molecule has 1 fully saturated rings. The van der Waals surface area contributed by atoms with Crippen molar-refractivity contribution in [1.29, 1.82) is 0 Å². The van der Waals surface area contributed by atoms with E-state index in [4.69, 9.17) is 5.73 Å². The molecule has 1 heterocycles. The topological polar surface area (TPSA) is 58.4 Å². The Bertz CT molecular complexity index is 218. The largest absolute Gasteiger partial charge is 0.352 e. The quantitative estimate of drug-likeness (QED) is 0.727. The van der Waals surface area contributed by atoms with Crippen LogP contribution >= 0.6 is 0 Å². The molecule has 0 radical (unpaired) electrons. The van der Waals surface area contributed by atoms with Crippen molar-refractivity contribution in [3.8, 4) is 0 Å². The molecule has 1 amide bonds. The van der Waals surface area contributed by atoms with Crippen LogP contribution in [0.2, 0.25) is 0 Å². The van der Waals surface area contributed by atoms with Crippen LogP contribution in [0.25, 0.3) is 0 Å². The third kappa shape index (κ3) is 4.94. The summed E-state index contributed by atoms with van der Waals surface area (Å²) in [6.07, 6.45) is 3.63. The Morgan fingerprint density at radius 2 is 2.38 bits per heavy atom. The maximum atomic E-state index is 11.6. The minimum atomic E-state index is 0.115. The standard InChI is InChI=1S/C12H25N3O/c1-3-15-8-4-5-11(9-15)14-12(16)7-6-10(2)13/h10-11H,3-9,13H2,1-2H3,(H,14,16).